The summed E-state index contributed by atoms with van der Waals surface area (Å²) in [5.74, 6) is 0.595. The van der Waals surface area contributed by atoms with Crippen LogP contribution >= 0.6 is 23.4 Å². The molecule has 21 heavy (non-hydrogen) atoms. The van der Waals surface area contributed by atoms with Gasteiger partial charge in [0.25, 0.3) is 0 Å². The Kier molecular flexibility index (Phi) is 4.13. The quantitative estimate of drug-likeness (QED) is 0.539. The first-order chi connectivity index (χ1) is 10.2. The molecular formula is C15H11ClN4S. The van der Waals surface area contributed by atoms with Crippen LogP contribution in [-0.2, 0) is 0 Å². The maximum Gasteiger partial charge on any atom is 0.193 e. The second kappa shape index (κ2) is 6.20. The van der Waals surface area contributed by atoms with E-state index in [9.17, 15) is 0 Å². The summed E-state index contributed by atoms with van der Waals surface area (Å²) in [6, 6.07) is 11.4. The number of aromatic nitrogens is 4. The fraction of sp³-hybridized carbons (Fsp3) is 0.0667. The molecule has 0 N–H and O–H groups in total. The van der Waals surface area contributed by atoms with Crippen LogP contribution in [-0.4, -0.2) is 19.9 Å². The van der Waals surface area contributed by atoms with Crippen molar-refractivity contribution in [2.75, 3.05) is 0 Å². The Morgan fingerprint density at radius 1 is 1.00 bits per heavy atom. The van der Waals surface area contributed by atoms with Gasteiger partial charge in [-0.3, -0.25) is 0 Å². The van der Waals surface area contributed by atoms with Gasteiger partial charge < -0.3 is 0 Å². The summed E-state index contributed by atoms with van der Waals surface area (Å²) < 4.78 is 0. The lowest BCUT2D eigenvalue weighted by molar-refractivity contribution is 0.942. The number of aryl methyl sites for hydroxylation is 1. The van der Waals surface area contributed by atoms with E-state index < -0.39 is 0 Å². The van der Waals surface area contributed by atoms with Crippen LogP contribution in [0.5, 0.6) is 0 Å². The predicted octanol–water partition coefficient (Wildman–Crippen LogP) is 4.05. The number of hydrogen-bond donors (Lipinski definition) is 0. The molecule has 3 aromatic rings. The van der Waals surface area contributed by atoms with Crippen LogP contribution in [0.15, 0.2) is 59.0 Å². The zero-order valence-corrected chi connectivity index (χ0v) is 12.8. The Morgan fingerprint density at radius 3 is 2.43 bits per heavy atom. The molecule has 0 aliphatic heterocycles. The third-order valence-corrected chi connectivity index (χ3v) is 3.66. The summed E-state index contributed by atoms with van der Waals surface area (Å²) in [5, 5.41) is 1.76. The molecule has 6 heteroatoms. The molecule has 2 aromatic heterocycles. The van der Waals surface area contributed by atoms with Gasteiger partial charge in [-0.1, -0.05) is 41.9 Å². The fourth-order valence-corrected chi connectivity index (χ4v) is 2.64. The van der Waals surface area contributed by atoms with Gasteiger partial charge in [0, 0.05) is 24.0 Å². The number of rotatable bonds is 3. The Bertz CT molecular complexity index is 747. The highest BCUT2D eigenvalue weighted by Gasteiger charge is 2.08. The Labute approximate surface area is 131 Å². The van der Waals surface area contributed by atoms with Crippen molar-refractivity contribution in [3.63, 3.8) is 0 Å². The lowest BCUT2D eigenvalue weighted by atomic mass is 10.2. The van der Waals surface area contributed by atoms with Crippen molar-refractivity contribution in [1.82, 2.24) is 19.9 Å². The van der Waals surface area contributed by atoms with Gasteiger partial charge in [0.05, 0.1) is 0 Å². The van der Waals surface area contributed by atoms with Crippen LogP contribution in [0.4, 0.5) is 0 Å². The first kappa shape index (κ1) is 14.0. The number of halogens is 1. The van der Waals surface area contributed by atoms with Gasteiger partial charge >= 0.3 is 0 Å². The summed E-state index contributed by atoms with van der Waals surface area (Å²) >= 11 is 7.45. The molecule has 0 amide bonds. The minimum atomic E-state index is 0.401. The second-order valence-electron chi connectivity index (χ2n) is 4.36. The standard InChI is InChI=1S/C15H11ClN4S/c1-10-8-17-15(18-9-10)21-13-7-12(16)19-14(20-13)11-5-3-2-4-6-11/h2-9H,1H3. The normalized spacial score (nSPS) is 10.6. The van der Waals surface area contributed by atoms with Crippen molar-refractivity contribution < 1.29 is 0 Å². The molecular weight excluding hydrogens is 304 g/mol. The predicted molar refractivity (Wildman–Crippen MR) is 83.4 cm³/mol. The summed E-state index contributed by atoms with van der Waals surface area (Å²) in [6.45, 7) is 1.95. The van der Waals surface area contributed by atoms with Crippen molar-refractivity contribution >= 4 is 23.4 Å². The smallest absolute Gasteiger partial charge is 0.193 e. The van der Waals surface area contributed by atoms with Crippen LogP contribution in [0, 0.1) is 6.92 Å². The molecule has 0 saturated carbocycles. The van der Waals surface area contributed by atoms with Gasteiger partial charge in [-0.15, -0.1) is 0 Å². The molecule has 0 atom stereocenters. The number of hydrogen-bond acceptors (Lipinski definition) is 5. The van der Waals surface area contributed by atoms with E-state index in [1.54, 1.807) is 18.5 Å². The first-order valence-corrected chi connectivity index (χ1v) is 7.47. The van der Waals surface area contributed by atoms with Gasteiger partial charge in [0.1, 0.15) is 10.2 Å². The Hall–Kier alpha value is -1.98. The van der Waals surface area contributed by atoms with Gasteiger partial charge in [-0.25, -0.2) is 19.9 Å². The van der Waals surface area contributed by atoms with Crippen LogP contribution in [0.2, 0.25) is 5.15 Å². The van der Waals surface area contributed by atoms with Gasteiger partial charge in [0.2, 0.25) is 0 Å². The lowest BCUT2D eigenvalue weighted by Crippen LogP contribution is -1.93. The fourth-order valence-electron chi connectivity index (χ4n) is 1.69. The maximum absolute atomic E-state index is 6.09. The largest absolute Gasteiger partial charge is 0.231 e. The highest BCUT2D eigenvalue weighted by molar-refractivity contribution is 7.99. The van der Waals surface area contributed by atoms with E-state index in [2.05, 4.69) is 19.9 Å². The lowest BCUT2D eigenvalue weighted by Gasteiger charge is -2.04. The van der Waals surface area contributed by atoms with Gasteiger partial charge in [-0.2, -0.15) is 0 Å². The summed E-state index contributed by atoms with van der Waals surface area (Å²) in [4.78, 5) is 17.3. The zero-order valence-electron chi connectivity index (χ0n) is 11.2. The minimum absolute atomic E-state index is 0.401. The van der Waals surface area contributed by atoms with Crippen molar-refractivity contribution in [1.29, 1.82) is 0 Å². The number of benzene rings is 1. The third kappa shape index (κ3) is 3.56. The maximum atomic E-state index is 6.09. The average Bonchev–Trinajstić information content (AvgIpc) is 2.50. The van der Waals surface area contributed by atoms with E-state index in [0.717, 1.165) is 16.2 Å². The highest BCUT2D eigenvalue weighted by Crippen LogP contribution is 2.27. The Morgan fingerprint density at radius 2 is 1.71 bits per heavy atom. The molecule has 2 heterocycles. The first-order valence-electron chi connectivity index (χ1n) is 6.27. The molecule has 0 saturated heterocycles. The summed E-state index contributed by atoms with van der Waals surface area (Å²) in [7, 11) is 0. The molecule has 104 valence electrons. The van der Waals surface area contributed by atoms with E-state index in [4.69, 9.17) is 11.6 Å². The molecule has 0 aliphatic carbocycles. The van der Waals surface area contributed by atoms with E-state index in [0.29, 0.717) is 16.1 Å². The molecule has 0 spiro atoms. The van der Waals surface area contributed by atoms with Crippen LogP contribution in [0.25, 0.3) is 11.4 Å². The van der Waals surface area contributed by atoms with Crippen LogP contribution < -0.4 is 0 Å². The SMILES string of the molecule is Cc1cnc(Sc2cc(Cl)nc(-c3ccccc3)n2)nc1. The second-order valence-corrected chi connectivity index (χ2v) is 5.74. The molecule has 0 radical (unpaired) electrons. The molecule has 1 aromatic carbocycles. The monoisotopic (exact) mass is 314 g/mol. The van der Waals surface area contributed by atoms with E-state index >= 15 is 0 Å². The number of nitrogens with zero attached hydrogens (tertiary/aromatic N) is 4. The van der Waals surface area contributed by atoms with E-state index in [1.165, 1.54) is 11.8 Å². The van der Waals surface area contributed by atoms with Crippen molar-refractivity contribution in [2.45, 2.75) is 17.1 Å². The summed E-state index contributed by atoms with van der Waals surface area (Å²) in [6.07, 6.45) is 3.55. The van der Waals surface area contributed by atoms with Gasteiger partial charge in [0.15, 0.2) is 11.0 Å². The summed E-state index contributed by atoms with van der Waals surface area (Å²) in [5.41, 5.74) is 1.94. The van der Waals surface area contributed by atoms with Crippen LogP contribution in [0.1, 0.15) is 5.56 Å². The molecule has 0 fully saturated rings. The molecule has 4 nitrogen and oxygen atoms in total. The topological polar surface area (TPSA) is 51.6 Å². The van der Waals surface area contributed by atoms with E-state index in [-0.39, 0.29) is 0 Å². The Balaban J connectivity index is 1.93. The van der Waals surface area contributed by atoms with Gasteiger partial charge in [-0.05, 0) is 24.2 Å². The van der Waals surface area contributed by atoms with E-state index in [1.807, 2.05) is 37.3 Å². The highest BCUT2D eigenvalue weighted by atomic mass is 35.5. The molecule has 0 aliphatic rings. The average molecular weight is 315 g/mol. The van der Waals surface area contributed by atoms with Crippen molar-refractivity contribution in [3.05, 3.63) is 59.5 Å². The van der Waals surface area contributed by atoms with Crippen molar-refractivity contribution in [2.24, 2.45) is 0 Å². The zero-order chi connectivity index (χ0) is 14.7. The molecule has 3 rings (SSSR count). The van der Waals surface area contributed by atoms with Crippen LogP contribution in [0.3, 0.4) is 0 Å². The van der Waals surface area contributed by atoms with Crippen molar-refractivity contribution in [3.8, 4) is 11.4 Å². The third-order valence-electron chi connectivity index (χ3n) is 2.66. The molecule has 0 unspecified atom stereocenters. The minimum Gasteiger partial charge on any atom is -0.231 e. The molecule has 0 bridgehead atoms.